The number of anilines is 1. The Bertz CT molecular complexity index is 1460. The van der Waals surface area contributed by atoms with Gasteiger partial charge in [-0.2, -0.15) is 5.26 Å². The number of hydrogen-bond acceptors (Lipinski definition) is 8. The van der Waals surface area contributed by atoms with Gasteiger partial charge in [0.1, 0.15) is 23.0 Å². The highest BCUT2D eigenvalue weighted by Crippen LogP contribution is 2.43. The van der Waals surface area contributed by atoms with Gasteiger partial charge < -0.3 is 19.9 Å². The molecular weight excluding hydrogens is 518 g/mol. The average molecular weight is 544 g/mol. The van der Waals surface area contributed by atoms with Crippen LogP contribution in [-0.4, -0.2) is 25.2 Å². The van der Waals surface area contributed by atoms with E-state index in [0.29, 0.717) is 27.8 Å². The topological polar surface area (TPSA) is 115 Å². The van der Waals surface area contributed by atoms with Crippen LogP contribution in [0.3, 0.4) is 0 Å². The summed E-state index contributed by atoms with van der Waals surface area (Å²) in [5.74, 6) is -1.37. The molecule has 0 bridgehead atoms. The van der Waals surface area contributed by atoms with Crippen LogP contribution in [0.1, 0.15) is 25.3 Å². The third-order valence-corrected chi connectivity index (χ3v) is 6.19. The molecule has 4 rings (SSSR count). The predicted molar refractivity (Wildman–Crippen MR) is 147 cm³/mol. The minimum atomic E-state index is -0.984. The van der Waals surface area contributed by atoms with Crippen LogP contribution in [-0.2, 0) is 19.1 Å². The number of halogens is 1. The van der Waals surface area contributed by atoms with Crippen LogP contribution in [0.15, 0.2) is 102 Å². The zero-order chi connectivity index (χ0) is 27.9. The van der Waals surface area contributed by atoms with Gasteiger partial charge >= 0.3 is 11.9 Å². The zero-order valence-corrected chi connectivity index (χ0v) is 22.1. The maximum Gasteiger partial charge on any atom is 0.355 e. The standard InChI is InChI=1S/C30H26ClN3O5/c1-3-37-29(35)26-25(19-10-12-20(31)13-11-19)24(18-32)28(33)34(27(26)30(36)38-4-2)21-14-16-23(17-15-21)39-22-8-6-5-7-9-22/h5-17,25H,3-4,33H2,1-2H3. The first kappa shape index (κ1) is 27.3. The van der Waals surface area contributed by atoms with Crippen molar-refractivity contribution < 1.29 is 23.8 Å². The number of carbonyl (C=O) groups excluding carboxylic acids is 2. The summed E-state index contributed by atoms with van der Waals surface area (Å²) in [5, 5.41) is 10.7. The molecule has 0 saturated carbocycles. The molecule has 3 aromatic rings. The first-order valence-corrected chi connectivity index (χ1v) is 12.6. The van der Waals surface area contributed by atoms with Gasteiger partial charge in [-0.1, -0.05) is 41.9 Å². The second-order valence-electron chi connectivity index (χ2n) is 8.34. The van der Waals surface area contributed by atoms with E-state index in [1.54, 1.807) is 62.4 Å². The van der Waals surface area contributed by atoms with Crippen molar-refractivity contribution in [2.45, 2.75) is 19.8 Å². The molecule has 8 nitrogen and oxygen atoms in total. The molecule has 0 aliphatic carbocycles. The van der Waals surface area contributed by atoms with Crippen molar-refractivity contribution in [1.29, 1.82) is 5.26 Å². The number of allylic oxidation sites excluding steroid dienone is 1. The van der Waals surface area contributed by atoms with Gasteiger partial charge in [-0.05, 0) is 67.9 Å². The van der Waals surface area contributed by atoms with Crippen molar-refractivity contribution >= 4 is 29.2 Å². The van der Waals surface area contributed by atoms with E-state index in [4.69, 9.17) is 31.5 Å². The number of nitriles is 1. The number of carbonyl (C=O) groups is 2. The summed E-state index contributed by atoms with van der Waals surface area (Å²) in [6.07, 6.45) is 0. The molecule has 0 aromatic heterocycles. The fourth-order valence-corrected chi connectivity index (χ4v) is 4.41. The third kappa shape index (κ3) is 5.74. The number of esters is 2. The molecule has 1 unspecified atom stereocenters. The molecule has 1 aliphatic heterocycles. The maximum absolute atomic E-state index is 13.4. The first-order chi connectivity index (χ1) is 18.9. The highest BCUT2D eigenvalue weighted by Gasteiger charge is 2.43. The van der Waals surface area contributed by atoms with Crippen LogP contribution < -0.4 is 15.4 Å². The summed E-state index contributed by atoms with van der Waals surface area (Å²) >= 11 is 6.09. The Balaban J connectivity index is 1.90. The van der Waals surface area contributed by atoms with Crippen molar-refractivity contribution in [3.05, 3.63) is 112 Å². The zero-order valence-electron chi connectivity index (χ0n) is 21.4. The minimum Gasteiger partial charge on any atom is -0.463 e. The van der Waals surface area contributed by atoms with Crippen LogP contribution in [0, 0.1) is 11.3 Å². The molecule has 1 aliphatic rings. The van der Waals surface area contributed by atoms with Crippen molar-refractivity contribution in [3.63, 3.8) is 0 Å². The fraction of sp³-hybridized carbons (Fsp3) is 0.167. The molecule has 0 radical (unpaired) electrons. The Morgan fingerprint density at radius 2 is 1.49 bits per heavy atom. The average Bonchev–Trinajstić information content (AvgIpc) is 2.94. The van der Waals surface area contributed by atoms with Gasteiger partial charge in [0.2, 0.25) is 0 Å². The van der Waals surface area contributed by atoms with E-state index in [2.05, 4.69) is 6.07 Å². The molecule has 9 heteroatoms. The van der Waals surface area contributed by atoms with E-state index in [1.807, 2.05) is 30.3 Å². The number of ether oxygens (including phenoxy) is 3. The molecule has 0 saturated heterocycles. The Kier molecular flexibility index (Phi) is 8.54. The van der Waals surface area contributed by atoms with Gasteiger partial charge in [0.05, 0.1) is 36.3 Å². The van der Waals surface area contributed by atoms with Gasteiger partial charge in [0.15, 0.2) is 0 Å². The Morgan fingerprint density at radius 1 is 0.897 bits per heavy atom. The largest absolute Gasteiger partial charge is 0.463 e. The normalized spacial score (nSPS) is 15.0. The Morgan fingerprint density at radius 3 is 2.08 bits per heavy atom. The second kappa shape index (κ2) is 12.2. The molecule has 39 heavy (non-hydrogen) atoms. The maximum atomic E-state index is 13.4. The highest BCUT2D eigenvalue weighted by molar-refractivity contribution is 6.30. The lowest BCUT2D eigenvalue weighted by Gasteiger charge is -2.36. The molecule has 0 fully saturated rings. The minimum absolute atomic E-state index is 0.0229. The van der Waals surface area contributed by atoms with Gasteiger partial charge in [-0.3, -0.25) is 4.90 Å². The van der Waals surface area contributed by atoms with E-state index >= 15 is 0 Å². The first-order valence-electron chi connectivity index (χ1n) is 12.3. The summed E-state index contributed by atoms with van der Waals surface area (Å²) in [7, 11) is 0. The molecule has 2 N–H and O–H groups in total. The molecule has 1 atom stereocenters. The van der Waals surface area contributed by atoms with Crippen molar-refractivity contribution in [2.24, 2.45) is 5.73 Å². The molecule has 0 amide bonds. The number of nitrogens with two attached hydrogens (primary N) is 1. The molecule has 1 heterocycles. The molecule has 3 aromatic carbocycles. The number of benzene rings is 3. The highest BCUT2D eigenvalue weighted by atomic mass is 35.5. The smallest absolute Gasteiger partial charge is 0.355 e. The van der Waals surface area contributed by atoms with Crippen molar-refractivity contribution in [2.75, 3.05) is 18.1 Å². The van der Waals surface area contributed by atoms with Crippen LogP contribution in [0.2, 0.25) is 5.02 Å². The predicted octanol–water partition coefficient (Wildman–Crippen LogP) is 5.81. The van der Waals surface area contributed by atoms with Gasteiger partial charge in [-0.25, -0.2) is 9.59 Å². The van der Waals surface area contributed by atoms with Gasteiger partial charge in [-0.15, -0.1) is 0 Å². The summed E-state index contributed by atoms with van der Waals surface area (Å²) in [6.45, 7) is 3.41. The number of para-hydroxylation sites is 1. The summed E-state index contributed by atoms with van der Waals surface area (Å²) in [6, 6.07) is 24.7. The van der Waals surface area contributed by atoms with Crippen LogP contribution in [0.4, 0.5) is 5.69 Å². The fourth-order valence-electron chi connectivity index (χ4n) is 4.28. The number of rotatable bonds is 8. The molecule has 0 spiro atoms. The third-order valence-electron chi connectivity index (χ3n) is 5.93. The van der Waals surface area contributed by atoms with Crippen LogP contribution >= 0.6 is 11.6 Å². The lowest BCUT2D eigenvalue weighted by molar-refractivity contribution is -0.142. The summed E-state index contributed by atoms with van der Waals surface area (Å²) in [4.78, 5) is 28.2. The van der Waals surface area contributed by atoms with E-state index in [1.165, 1.54) is 4.90 Å². The van der Waals surface area contributed by atoms with Crippen LogP contribution in [0.5, 0.6) is 11.5 Å². The van der Waals surface area contributed by atoms with Gasteiger partial charge in [0, 0.05) is 10.7 Å². The lowest BCUT2D eigenvalue weighted by Crippen LogP contribution is -2.41. The summed E-state index contributed by atoms with van der Waals surface area (Å²) < 4.78 is 16.6. The van der Waals surface area contributed by atoms with E-state index < -0.39 is 17.9 Å². The quantitative estimate of drug-likeness (QED) is 0.354. The van der Waals surface area contributed by atoms with Crippen molar-refractivity contribution in [3.8, 4) is 17.6 Å². The van der Waals surface area contributed by atoms with Crippen molar-refractivity contribution in [1.82, 2.24) is 0 Å². The Hall–Kier alpha value is -4.74. The Labute approximate surface area is 231 Å². The lowest BCUT2D eigenvalue weighted by atomic mass is 9.81. The molecule has 198 valence electrons. The number of hydrogen-bond donors (Lipinski definition) is 1. The van der Waals surface area contributed by atoms with Crippen LogP contribution in [0.25, 0.3) is 0 Å². The monoisotopic (exact) mass is 543 g/mol. The van der Waals surface area contributed by atoms with E-state index in [0.717, 1.165) is 0 Å². The SMILES string of the molecule is CCOC(=O)C1=C(C(=O)OCC)N(c2ccc(Oc3ccccc3)cc2)C(N)=C(C#N)C1c1ccc(Cl)cc1. The molecular formula is C30H26ClN3O5. The second-order valence-corrected chi connectivity index (χ2v) is 8.78. The van der Waals surface area contributed by atoms with Gasteiger partial charge in [0.25, 0.3) is 0 Å². The number of nitrogens with zero attached hydrogens (tertiary/aromatic N) is 2. The summed E-state index contributed by atoms with van der Waals surface area (Å²) in [5.41, 5.74) is 7.40. The van der Waals surface area contributed by atoms with E-state index in [-0.39, 0.29) is 35.9 Å². The van der Waals surface area contributed by atoms with E-state index in [9.17, 15) is 14.9 Å².